The minimum absolute atomic E-state index is 0.0190. The van der Waals surface area contributed by atoms with Gasteiger partial charge in [-0.3, -0.25) is 0 Å². The van der Waals surface area contributed by atoms with Crippen molar-refractivity contribution in [3.05, 3.63) is 0 Å². The molecule has 0 bridgehead atoms. The Bertz CT molecular complexity index is 111. The highest BCUT2D eigenvalue weighted by molar-refractivity contribution is 6.17. The second-order valence-corrected chi connectivity index (χ2v) is 3.36. The van der Waals surface area contributed by atoms with Crippen LogP contribution in [-0.4, -0.2) is 31.8 Å². The first-order valence-corrected chi connectivity index (χ1v) is 4.55. The summed E-state index contributed by atoms with van der Waals surface area (Å²) in [6.07, 6.45) is 3.05. The monoisotopic (exact) mass is 178 g/mol. The predicted octanol–water partition coefficient (Wildman–Crippen LogP) is 1.81. The molecule has 0 N–H and O–H groups in total. The molecule has 11 heavy (non-hydrogen) atoms. The molecular weight excluding hydrogens is 164 g/mol. The van der Waals surface area contributed by atoms with E-state index in [2.05, 4.69) is 0 Å². The van der Waals surface area contributed by atoms with E-state index in [1.807, 2.05) is 0 Å². The summed E-state index contributed by atoms with van der Waals surface area (Å²) in [7, 11) is 1.75. The number of rotatable bonds is 4. The van der Waals surface area contributed by atoms with Gasteiger partial charge in [0.25, 0.3) is 0 Å². The SMILES string of the molecule is COC1(CCCCl)CCOC1. The van der Waals surface area contributed by atoms with Crippen LogP contribution in [0, 0.1) is 0 Å². The topological polar surface area (TPSA) is 18.5 Å². The number of alkyl halides is 1. The van der Waals surface area contributed by atoms with Crippen LogP contribution in [0.1, 0.15) is 19.3 Å². The lowest BCUT2D eigenvalue weighted by atomic mass is 9.97. The summed E-state index contributed by atoms with van der Waals surface area (Å²) < 4.78 is 10.7. The van der Waals surface area contributed by atoms with Gasteiger partial charge >= 0.3 is 0 Å². The van der Waals surface area contributed by atoms with Crippen molar-refractivity contribution in [2.75, 3.05) is 26.2 Å². The summed E-state index contributed by atoms with van der Waals surface area (Å²) in [5.74, 6) is 0.713. The fourth-order valence-corrected chi connectivity index (χ4v) is 1.57. The Kier molecular flexibility index (Phi) is 3.63. The molecule has 0 radical (unpaired) electrons. The molecule has 0 aliphatic carbocycles. The van der Waals surface area contributed by atoms with Crippen LogP contribution in [-0.2, 0) is 9.47 Å². The molecule has 0 aromatic rings. The molecule has 0 aromatic heterocycles. The second kappa shape index (κ2) is 4.29. The van der Waals surface area contributed by atoms with Crippen molar-refractivity contribution in [1.29, 1.82) is 0 Å². The molecule has 1 aliphatic rings. The maximum absolute atomic E-state index is 5.60. The standard InChI is InChI=1S/C8H15ClO2/c1-10-8(3-2-5-9)4-6-11-7-8/h2-7H2,1H3. The Morgan fingerprint density at radius 1 is 1.64 bits per heavy atom. The Labute approximate surface area is 72.8 Å². The van der Waals surface area contributed by atoms with Crippen LogP contribution < -0.4 is 0 Å². The van der Waals surface area contributed by atoms with Crippen molar-refractivity contribution in [2.24, 2.45) is 0 Å². The minimum Gasteiger partial charge on any atom is -0.378 e. The number of ether oxygens (including phenoxy) is 2. The molecular formula is C8H15ClO2. The normalized spacial score (nSPS) is 31.1. The lowest BCUT2D eigenvalue weighted by molar-refractivity contribution is -0.0234. The number of halogens is 1. The summed E-state index contributed by atoms with van der Waals surface area (Å²) in [4.78, 5) is 0. The number of hydrogen-bond acceptors (Lipinski definition) is 2. The predicted molar refractivity (Wildman–Crippen MR) is 45.1 cm³/mol. The highest BCUT2D eigenvalue weighted by Crippen LogP contribution is 2.27. The molecule has 1 heterocycles. The molecule has 2 nitrogen and oxygen atoms in total. The molecule has 0 aromatic carbocycles. The molecule has 66 valence electrons. The third-order valence-corrected chi connectivity index (χ3v) is 2.53. The quantitative estimate of drug-likeness (QED) is 0.612. The highest BCUT2D eigenvalue weighted by Gasteiger charge is 2.33. The van der Waals surface area contributed by atoms with Gasteiger partial charge in [0, 0.05) is 26.0 Å². The first-order valence-electron chi connectivity index (χ1n) is 4.02. The van der Waals surface area contributed by atoms with E-state index >= 15 is 0 Å². The van der Waals surface area contributed by atoms with E-state index in [-0.39, 0.29) is 5.60 Å². The molecule has 1 rings (SSSR count). The fraction of sp³-hybridized carbons (Fsp3) is 1.00. The van der Waals surface area contributed by atoms with Crippen LogP contribution in [0.3, 0.4) is 0 Å². The van der Waals surface area contributed by atoms with E-state index in [1.165, 1.54) is 0 Å². The average molecular weight is 179 g/mol. The van der Waals surface area contributed by atoms with Crippen molar-refractivity contribution >= 4 is 11.6 Å². The lowest BCUT2D eigenvalue weighted by Crippen LogP contribution is -2.31. The van der Waals surface area contributed by atoms with Crippen molar-refractivity contribution in [3.8, 4) is 0 Å². The van der Waals surface area contributed by atoms with Gasteiger partial charge in [0.2, 0.25) is 0 Å². The summed E-state index contributed by atoms with van der Waals surface area (Å²) in [5.41, 5.74) is -0.0190. The fourth-order valence-electron chi connectivity index (χ4n) is 1.44. The van der Waals surface area contributed by atoms with Gasteiger partial charge in [-0.15, -0.1) is 11.6 Å². The zero-order valence-electron chi connectivity index (χ0n) is 6.94. The maximum Gasteiger partial charge on any atom is 0.0933 e. The molecule has 1 fully saturated rings. The van der Waals surface area contributed by atoms with Gasteiger partial charge in [0.15, 0.2) is 0 Å². The van der Waals surface area contributed by atoms with E-state index in [0.29, 0.717) is 5.88 Å². The Balaban J connectivity index is 2.33. The van der Waals surface area contributed by atoms with Gasteiger partial charge in [-0.25, -0.2) is 0 Å². The summed E-state index contributed by atoms with van der Waals surface area (Å²) in [5, 5.41) is 0. The molecule has 0 amide bonds. The van der Waals surface area contributed by atoms with Gasteiger partial charge < -0.3 is 9.47 Å². The van der Waals surface area contributed by atoms with E-state index in [0.717, 1.165) is 32.5 Å². The van der Waals surface area contributed by atoms with Gasteiger partial charge in [0.1, 0.15) is 0 Å². The van der Waals surface area contributed by atoms with E-state index in [4.69, 9.17) is 21.1 Å². The van der Waals surface area contributed by atoms with Crippen molar-refractivity contribution < 1.29 is 9.47 Å². The zero-order chi connectivity index (χ0) is 8.16. The summed E-state index contributed by atoms with van der Waals surface area (Å²) in [6.45, 7) is 1.57. The molecule has 1 aliphatic heterocycles. The zero-order valence-corrected chi connectivity index (χ0v) is 7.69. The molecule has 1 atom stereocenters. The van der Waals surface area contributed by atoms with E-state index in [9.17, 15) is 0 Å². The van der Waals surface area contributed by atoms with Gasteiger partial charge in [0.05, 0.1) is 12.2 Å². The van der Waals surface area contributed by atoms with Gasteiger partial charge in [-0.05, 0) is 12.8 Å². The molecule has 0 spiro atoms. The number of hydrogen-bond donors (Lipinski definition) is 0. The Morgan fingerprint density at radius 2 is 2.45 bits per heavy atom. The van der Waals surface area contributed by atoms with Crippen LogP contribution in [0.2, 0.25) is 0 Å². The largest absolute Gasteiger partial charge is 0.378 e. The third-order valence-electron chi connectivity index (χ3n) is 2.27. The van der Waals surface area contributed by atoms with Crippen LogP contribution >= 0.6 is 11.6 Å². The van der Waals surface area contributed by atoms with E-state index in [1.54, 1.807) is 7.11 Å². The van der Waals surface area contributed by atoms with Crippen LogP contribution in [0.5, 0.6) is 0 Å². The first-order chi connectivity index (χ1) is 5.33. The van der Waals surface area contributed by atoms with Crippen LogP contribution in [0.25, 0.3) is 0 Å². The van der Waals surface area contributed by atoms with E-state index < -0.39 is 0 Å². The summed E-state index contributed by atoms with van der Waals surface area (Å²) in [6, 6.07) is 0. The lowest BCUT2D eigenvalue weighted by Gasteiger charge is -2.24. The molecule has 3 heteroatoms. The average Bonchev–Trinajstić information content (AvgIpc) is 2.50. The second-order valence-electron chi connectivity index (χ2n) is 2.98. The van der Waals surface area contributed by atoms with Crippen molar-refractivity contribution in [2.45, 2.75) is 24.9 Å². The van der Waals surface area contributed by atoms with Crippen LogP contribution in [0.4, 0.5) is 0 Å². The smallest absolute Gasteiger partial charge is 0.0933 e. The van der Waals surface area contributed by atoms with Crippen molar-refractivity contribution in [3.63, 3.8) is 0 Å². The molecule has 1 saturated heterocycles. The van der Waals surface area contributed by atoms with Gasteiger partial charge in [-0.1, -0.05) is 0 Å². The van der Waals surface area contributed by atoms with Crippen molar-refractivity contribution in [1.82, 2.24) is 0 Å². The highest BCUT2D eigenvalue weighted by atomic mass is 35.5. The molecule has 1 unspecified atom stereocenters. The Hall–Kier alpha value is 0.210. The molecule has 0 saturated carbocycles. The summed E-state index contributed by atoms with van der Waals surface area (Å²) >= 11 is 5.60. The third kappa shape index (κ3) is 2.32. The van der Waals surface area contributed by atoms with Gasteiger partial charge in [-0.2, -0.15) is 0 Å². The maximum atomic E-state index is 5.60. The van der Waals surface area contributed by atoms with Crippen LogP contribution in [0.15, 0.2) is 0 Å². The Morgan fingerprint density at radius 3 is 2.91 bits per heavy atom. The number of methoxy groups -OCH3 is 1. The minimum atomic E-state index is -0.0190. The first kappa shape index (κ1) is 9.30.